The first-order chi connectivity index (χ1) is 12.9. The predicted octanol–water partition coefficient (Wildman–Crippen LogP) is 3.30. The number of benzene rings is 2. The number of halogens is 1. The van der Waals surface area contributed by atoms with E-state index in [4.69, 9.17) is 4.74 Å². The zero-order valence-corrected chi connectivity index (χ0v) is 15.8. The van der Waals surface area contributed by atoms with E-state index in [1.807, 2.05) is 20.8 Å². The molecule has 1 atom stereocenters. The van der Waals surface area contributed by atoms with E-state index in [0.717, 1.165) is 0 Å². The highest BCUT2D eigenvalue weighted by atomic mass is 19.1. The maximum absolute atomic E-state index is 13.7. The van der Waals surface area contributed by atoms with Gasteiger partial charge in [0.15, 0.2) is 0 Å². The molecule has 0 fully saturated rings. The number of hydrogen-bond acceptors (Lipinski definition) is 3. The van der Waals surface area contributed by atoms with Crippen LogP contribution in [-0.2, 0) is 11.3 Å². The molecular formula is C21H25FN2O3. The molecule has 5 nitrogen and oxygen atoms in total. The van der Waals surface area contributed by atoms with Crippen molar-refractivity contribution >= 4 is 11.8 Å². The summed E-state index contributed by atoms with van der Waals surface area (Å²) in [7, 11) is 0. The van der Waals surface area contributed by atoms with Crippen LogP contribution in [0.4, 0.5) is 4.39 Å². The fourth-order valence-electron chi connectivity index (χ4n) is 2.56. The third-order valence-electron chi connectivity index (χ3n) is 4.07. The first-order valence-corrected chi connectivity index (χ1v) is 8.97. The van der Waals surface area contributed by atoms with Gasteiger partial charge in [0.05, 0.1) is 6.61 Å². The Kier molecular flexibility index (Phi) is 7.34. The van der Waals surface area contributed by atoms with Crippen LogP contribution in [0.25, 0.3) is 0 Å². The summed E-state index contributed by atoms with van der Waals surface area (Å²) in [6.07, 6.45) is 0. The summed E-state index contributed by atoms with van der Waals surface area (Å²) in [5.74, 6) is -0.531. The van der Waals surface area contributed by atoms with Crippen molar-refractivity contribution in [3.8, 4) is 5.75 Å². The molecule has 0 aliphatic carbocycles. The van der Waals surface area contributed by atoms with E-state index in [9.17, 15) is 14.0 Å². The summed E-state index contributed by atoms with van der Waals surface area (Å²) in [4.78, 5) is 25.0. The van der Waals surface area contributed by atoms with Gasteiger partial charge in [0.1, 0.15) is 17.6 Å². The Labute approximate surface area is 158 Å². The van der Waals surface area contributed by atoms with Crippen LogP contribution in [0.15, 0.2) is 48.5 Å². The van der Waals surface area contributed by atoms with Crippen LogP contribution in [0, 0.1) is 11.7 Å². The zero-order valence-electron chi connectivity index (χ0n) is 15.8. The summed E-state index contributed by atoms with van der Waals surface area (Å²) in [6.45, 7) is 6.17. The Morgan fingerprint density at radius 3 is 2.33 bits per heavy atom. The van der Waals surface area contributed by atoms with Crippen LogP contribution in [0.5, 0.6) is 5.75 Å². The smallest absolute Gasteiger partial charge is 0.251 e. The second-order valence-electron chi connectivity index (χ2n) is 6.46. The standard InChI is InChI=1S/C21H25FN2O3/c1-4-27-17-11-9-15(10-12-17)20(25)24-19(14(2)3)21(26)23-13-16-7-5-6-8-18(16)22/h5-12,14,19H,4,13H2,1-3H3,(H,23,26)(H,24,25)/t19-/m1/s1. The molecule has 2 rings (SSSR count). The minimum atomic E-state index is -0.726. The summed E-state index contributed by atoms with van der Waals surface area (Å²) in [6, 6.07) is 12.2. The predicted molar refractivity (Wildman–Crippen MR) is 102 cm³/mol. The van der Waals surface area contributed by atoms with E-state index >= 15 is 0 Å². The van der Waals surface area contributed by atoms with Crippen molar-refractivity contribution in [3.63, 3.8) is 0 Å². The molecule has 0 spiro atoms. The van der Waals surface area contributed by atoms with Crippen LogP contribution in [0.3, 0.4) is 0 Å². The number of hydrogen-bond donors (Lipinski definition) is 2. The molecule has 6 heteroatoms. The highest BCUT2D eigenvalue weighted by molar-refractivity contribution is 5.97. The van der Waals surface area contributed by atoms with Crippen molar-refractivity contribution in [2.24, 2.45) is 5.92 Å². The van der Waals surface area contributed by atoms with Gasteiger partial charge in [-0.1, -0.05) is 32.0 Å². The Hall–Kier alpha value is -2.89. The van der Waals surface area contributed by atoms with Crippen molar-refractivity contribution < 1.29 is 18.7 Å². The number of carbonyl (C=O) groups is 2. The molecule has 27 heavy (non-hydrogen) atoms. The van der Waals surface area contributed by atoms with Gasteiger partial charge < -0.3 is 15.4 Å². The van der Waals surface area contributed by atoms with Gasteiger partial charge in [-0.05, 0) is 43.2 Å². The van der Waals surface area contributed by atoms with Gasteiger partial charge >= 0.3 is 0 Å². The molecule has 0 unspecified atom stereocenters. The van der Waals surface area contributed by atoms with Crippen LogP contribution < -0.4 is 15.4 Å². The normalized spacial score (nSPS) is 11.7. The summed E-state index contributed by atoms with van der Waals surface area (Å²) in [5.41, 5.74) is 0.831. The number of nitrogens with one attached hydrogen (secondary N) is 2. The molecule has 0 saturated heterocycles. The van der Waals surface area contributed by atoms with Crippen molar-refractivity contribution in [1.29, 1.82) is 0 Å². The zero-order chi connectivity index (χ0) is 19.8. The number of ether oxygens (including phenoxy) is 1. The molecule has 144 valence electrons. The molecule has 0 saturated carbocycles. The average Bonchev–Trinajstić information content (AvgIpc) is 2.65. The number of amides is 2. The maximum Gasteiger partial charge on any atom is 0.251 e. The molecule has 2 aromatic rings. The molecule has 2 amide bonds. The molecule has 0 aliphatic rings. The average molecular weight is 372 g/mol. The fourth-order valence-corrected chi connectivity index (χ4v) is 2.56. The molecule has 2 aromatic carbocycles. The minimum Gasteiger partial charge on any atom is -0.494 e. The van der Waals surface area contributed by atoms with Crippen molar-refractivity contribution in [1.82, 2.24) is 10.6 Å². The molecule has 2 N–H and O–H groups in total. The van der Waals surface area contributed by atoms with E-state index < -0.39 is 6.04 Å². The highest BCUT2D eigenvalue weighted by Crippen LogP contribution is 2.13. The van der Waals surface area contributed by atoms with E-state index in [0.29, 0.717) is 23.5 Å². The van der Waals surface area contributed by atoms with E-state index in [2.05, 4.69) is 10.6 Å². The quantitative estimate of drug-likeness (QED) is 0.747. The minimum absolute atomic E-state index is 0.0631. The first-order valence-electron chi connectivity index (χ1n) is 8.97. The Morgan fingerprint density at radius 1 is 1.07 bits per heavy atom. The first kappa shape index (κ1) is 20.4. The van der Waals surface area contributed by atoms with E-state index in [-0.39, 0.29) is 30.1 Å². The van der Waals surface area contributed by atoms with Gasteiger partial charge in [0, 0.05) is 17.7 Å². The number of carbonyl (C=O) groups excluding carboxylic acids is 2. The monoisotopic (exact) mass is 372 g/mol. The summed E-state index contributed by atoms with van der Waals surface area (Å²) in [5, 5.41) is 5.44. The second kappa shape index (κ2) is 9.71. The highest BCUT2D eigenvalue weighted by Gasteiger charge is 2.24. The topological polar surface area (TPSA) is 67.4 Å². The van der Waals surface area contributed by atoms with Gasteiger partial charge in [-0.15, -0.1) is 0 Å². The summed E-state index contributed by atoms with van der Waals surface area (Å²) >= 11 is 0. The van der Waals surface area contributed by atoms with Crippen LogP contribution >= 0.6 is 0 Å². The lowest BCUT2D eigenvalue weighted by atomic mass is 10.0. The Morgan fingerprint density at radius 2 is 1.74 bits per heavy atom. The Balaban J connectivity index is 2.00. The van der Waals surface area contributed by atoms with Gasteiger partial charge in [0.2, 0.25) is 5.91 Å². The fraction of sp³-hybridized carbons (Fsp3) is 0.333. The molecule has 0 bridgehead atoms. The Bertz CT molecular complexity index is 775. The van der Waals surface area contributed by atoms with E-state index in [1.165, 1.54) is 6.07 Å². The SMILES string of the molecule is CCOc1ccc(C(=O)N[C@@H](C(=O)NCc2ccccc2F)C(C)C)cc1. The molecular weight excluding hydrogens is 347 g/mol. The third-order valence-corrected chi connectivity index (χ3v) is 4.07. The molecule has 0 aliphatic heterocycles. The van der Waals surface area contributed by atoms with Crippen molar-refractivity contribution in [2.45, 2.75) is 33.4 Å². The van der Waals surface area contributed by atoms with Gasteiger partial charge in [0.25, 0.3) is 5.91 Å². The lowest BCUT2D eigenvalue weighted by molar-refractivity contribution is -0.124. The van der Waals surface area contributed by atoms with Crippen LogP contribution in [-0.4, -0.2) is 24.5 Å². The van der Waals surface area contributed by atoms with Crippen molar-refractivity contribution in [2.75, 3.05) is 6.61 Å². The number of rotatable bonds is 8. The second-order valence-corrected chi connectivity index (χ2v) is 6.46. The van der Waals surface area contributed by atoms with Gasteiger partial charge in [-0.2, -0.15) is 0 Å². The van der Waals surface area contributed by atoms with Crippen LogP contribution in [0.2, 0.25) is 0 Å². The third kappa shape index (κ3) is 5.81. The van der Waals surface area contributed by atoms with Gasteiger partial charge in [-0.25, -0.2) is 4.39 Å². The maximum atomic E-state index is 13.7. The van der Waals surface area contributed by atoms with Gasteiger partial charge in [-0.3, -0.25) is 9.59 Å². The van der Waals surface area contributed by atoms with Crippen molar-refractivity contribution in [3.05, 3.63) is 65.5 Å². The van der Waals surface area contributed by atoms with E-state index in [1.54, 1.807) is 42.5 Å². The lowest BCUT2D eigenvalue weighted by Crippen LogP contribution is -2.49. The lowest BCUT2D eigenvalue weighted by Gasteiger charge is -2.22. The molecule has 0 heterocycles. The molecule has 0 aromatic heterocycles. The molecule has 0 radical (unpaired) electrons. The largest absolute Gasteiger partial charge is 0.494 e. The summed E-state index contributed by atoms with van der Waals surface area (Å²) < 4.78 is 19.0. The van der Waals surface area contributed by atoms with Crippen LogP contribution in [0.1, 0.15) is 36.7 Å².